The Balaban J connectivity index is 1.81. The molecule has 152 valence electrons. The normalized spacial score (nSPS) is 16.3. The number of aliphatic hydroxyl groups is 1. The number of carbonyl (C=O) groups excluding carboxylic acids is 2. The van der Waals surface area contributed by atoms with Crippen LogP contribution in [0.5, 0.6) is 5.75 Å². The van der Waals surface area contributed by atoms with Crippen LogP contribution in [0, 0.1) is 6.92 Å². The number of aliphatic hydroxyl groups excluding tert-OH is 1. The van der Waals surface area contributed by atoms with Gasteiger partial charge in [0.05, 0.1) is 18.7 Å². The molecule has 0 bridgehead atoms. The van der Waals surface area contributed by atoms with Gasteiger partial charge in [-0.15, -0.1) is 0 Å². The van der Waals surface area contributed by atoms with Gasteiger partial charge in [-0.3, -0.25) is 14.6 Å². The van der Waals surface area contributed by atoms with E-state index < -0.39 is 23.5 Å². The van der Waals surface area contributed by atoms with Gasteiger partial charge in [-0.1, -0.05) is 12.1 Å². The summed E-state index contributed by atoms with van der Waals surface area (Å²) in [7, 11) is 1.54. The van der Waals surface area contributed by atoms with Crippen molar-refractivity contribution in [3.05, 3.63) is 94.9 Å². The lowest BCUT2D eigenvalue weighted by Gasteiger charge is -2.27. The number of ether oxygens (including phenoxy) is 1. The van der Waals surface area contributed by atoms with Crippen molar-refractivity contribution >= 4 is 11.7 Å². The average Bonchev–Trinajstić information content (AvgIpc) is 3.31. The van der Waals surface area contributed by atoms with E-state index in [4.69, 9.17) is 9.15 Å². The van der Waals surface area contributed by atoms with Gasteiger partial charge in [0.2, 0.25) is 5.78 Å². The quantitative estimate of drug-likeness (QED) is 0.629. The van der Waals surface area contributed by atoms with Crippen LogP contribution >= 0.6 is 0 Å². The molecule has 0 saturated carbocycles. The molecule has 4 rings (SSSR count). The summed E-state index contributed by atoms with van der Waals surface area (Å²) in [6, 6.07) is 13.1. The van der Waals surface area contributed by atoms with Gasteiger partial charge < -0.3 is 19.2 Å². The number of methoxy groups -OCH3 is 1. The third kappa shape index (κ3) is 3.45. The van der Waals surface area contributed by atoms with E-state index in [9.17, 15) is 14.7 Å². The summed E-state index contributed by atoms with van der Waals surface area (Å²) in [6.45, 7) is 1.92. The Morgan fingerprint density at radius 2 is 1.97 bits per heavy atom. The van der Waals surface area contributed by atoms with Crippen LogP contribution in [0.1, 0.15) is 33.5 Å². The second-order valence-corrected chi connectivity index (χ2v) is 6.97. The number of rotatable bonds is 6. The lowest BCUT2D eigenvalue weighted by atomic mass is 9.94. The zero-order valence-corrected chi connectivity index (χ0v) is 16.5. The third-order valence-electron chi connectivity index (χ3n) is 5.02. The Morgan fingerprint density at radius 1 is 1.20 bits per heavy atom. The number of ketones is 1. The summed E-state index contributed by atoms with van der Waals surface area (Å²) in [5.74, 6) is -0.508. The molecule has 1 aromatic carbocycles. The Labute approximate surface area is 173 Å². The first-order valence-corrected chi connectivity index (χ1v) is 9.37. The monoisotopic (exact) mass is 404 g/mol. The molecular weight excluding hydrogens is 384 g/mol. The lowest BCUT2D eigenvalue weighted by Crippen LogP contribution is -2.30. The van der Waals surface area contributed by atoms with Gasteiger partial charge in [-0.25, -0.2) is 0 Å². The van der Waals surface area contributed by atoms with Gasteiger partial charge in [-0.2, -0.15) is 0 Å². The summed E-state index contributed by atoms with van der Waals surface area (Å²) in [6.07, 6.45) is 3.25. The minimum Gasteiger partial charge on any atom is -0.503 e. The summed E-state index contributed by atoms with van der Waals surface area (Å²) >= 11 is 0. The van der Waals surface area contributed by atoms with Crippen LogP contribution in [-0.4, -0.2) is 33.8 Å². The predicted octanol–water partition coefficient (Wildman–Crippen LogP) is 3.77. The van der Waals surface area contributed by atoms with E-state index >= 15 is 0 Å². The predicted molar refractivity (Wildman–Crippen MR) is 108 cm³/mol. The van der Waals surface area contributed by atoms with Gasteiger partial charge in [-0.05, 0) is 54.4 Å². The fourth-order valence-corrected chi connectivity index (χ4v) is 3.58. The van der Waals surface area contributed by atoms with Gasteiger partial charge in [0.25, 0.3) is 5.91 Å². The number of nitrogens with zero attached hydrogens (tertiary/aromatic N) is 2. The van der Waals surface area contributed by atoms with E-state index in [2.05, 4.69) is 4.98 Å². The Bertz CT molecular complexity index is 1130. The van der Waals surface area contributed by atoms with Crippen molar-refractivity contribution in [3.8, 4) is 5.75 Å². The first-order valence-electron chi connectivity index (χ1n) is 9.37. The first-order chi connectivity index (χ1) is 14.5. The lowest BCUT2D eigenvalue weighted by molar-refractivity contribution is -0.130. The molecular formula is C23H20N2O5. The average molecular weight is 404 g/mol. The van der Waals surface area contributed by atoms with Gasteiger partial charge >= 0.3 is 0 Å². The van der Waals surface area contributed by atoms with Gasteiger partial charge in [0.1, 0.15) is 11.5 Å². The van der Waals surface area contributed by atoms with Crippen LogP contribution in [0.4, 0.5) is 0 Å². The summed E-state index contributed by atoms with van der Waals surface area (Å²) in [5.41, 5.74) is 1.45. The molecule has 0 aliphatic carbocycles. The van der Waals surface area contributed by atoms with Crippen LogP contribution < -0.4 is 4.74 Å². The number of pyridine rings is 1. The number of benzene rings is 1. The number of aryl methyl sites for hydroxylation is 1. The summed E-state index contributed by atoms with van der Waals surface area (Å²) in [4.78, 5) is 31.7. The van der Waals surface area contributed by atoms with E-state index in [1.807, 2.05) is 0 Å². The molecule has 3 heterocycles. The Morgan fingerprint density at radius 3 is 2.63 bits per heavy atom. The SMILES string of the molecule is COc1cccc([C@@H]2C(C(=O)c3ccc(C)o3)=C(O)C(=O)N2Cc2ccncc2)c1. The number of hydrogen-bond donors (Lipinski definition) is 1. The van der Waals surface area contributed by atoms with Crippen molar-refractivity contribution in [2.75, 3.05) is 7.11 Å². The Hall–Kier alpha value is -3.87. The smallest absolute Gasteiger partial charge is 0.290 e. The number of hydrogen-bond acceptors (Lipinski definition) is 6. The highest BCUT2D eigenvalue weighted by Crippen LogP contribution is 2.40. The minimum absolute atomic E-state index is 0.0170. The molecule has 3 aromatic rings. The first kappa shape index (κ1) is 19.4. The topological polar surface area (TPSA) is 92.9 Å². The fourth-order valence-electron chi connectivity index (χ4n) is 3.58. The summed E-state index contributed by atoms with van der Waals surface area (Å²) in [5, 5.41) is 10.7. The highest BCUT2D eigenvalue weighted by molar-refractivity contribution is 6.15. The van der Waals surface area contributed by atoms with Crippen molar-refractivity contribution < 1.29 is 23.8 Å². The molecule has 1 aliphatic heterocycles. The van der Waals surface area contributed by atoms with E-state index in [-0.39, 0.29) is 17.9 Å². The molecule has 0 unspecified atom stereocenters. The van der Waals surface area contributed by atoms with Crippen LogP contribution in [-0.2, 0) is 11.3 Å². The molecule has 0 spiro atoms. The number of carbonyl (C=O) groups is 2. The highest BCUT2D eigenvalue weighted by atomic mass is 16.5. The minimum atomic E-state index is -0.793. The summed E-state index contributed by atoms with van der Waals surface area (Å²) < 4.78 is 10.8. The van der Waals surface area contributed by atoms with Gasteiger partial charge in [0.15, 0.2) is 11.5 Å². The van der Waals surface area contributed by atoms with Crippen LogP contribution in [0.15, 0.2) is 76.7 Å². The highest BCUT2D eigenvalue weighted by Gasteiger charge is 2.44. The third-order valence-corrected chi connectivity index (χ3v) is 5.02. The fraction of sp³-hybridized carbons (Fsp3) is 0.174. The van der Waals surface area contributed by atoms with Crippen molar-refractivity contribution in [3.63, 3.8) is 0 Å². The number of aromatic nitrogens is 1. The molecule has 1 atom stereocenters. The molecule has 7 heteroatoms. The second kappa shape index (κ2) is 7.87. The molecule has 7 nitrogen and oxygen atoms in total. The van der Waals surface area contributed by atoms with Crippen molar-refractivity contribution in [2.45, 2.75) is 19.5 Å². The van der Waals surface area contributed by atoms with Gasteiger partial charge in [0, 0.05) is 18.9 Å². The molecule has 0 saturated heterocycles. The van der Waals surface area contributed by atoms with Crippen molar-refractivity contribution in [1.82, 2.24) is 9.88 Å². The second-order valence-electron chi connectivity index (χ2n) is 6.97. The molecule has 2 aromatic heterocycles. The van der Waals surface area contributed by atoms with E-state index in [1.165, 1.54) is 11.0 Å². The molecule has 30 heavy (non-hydrogen) atoms. The molecule has 0 radical (unpaired) electrons. The zero-order valence-electron chi connectivity index (χ0n) is 16.5. The molecule has 1 amide bonds. The molecule has 1 aliphatic rings. The zero-order chi connectivity index (χ0) is 21.3. The van der Waals surface area contributed by atoms with E-state index in [0.717, 1.165) is 5.56 Å². The largest absolute Gasteiger partial charge is 0.503 e. The molecule has 0 fully saturated rings. The van der Waals surface area contributed by atoms with Crippen LogP contribution in [0.3, 0.4) is 0 Å². The molecule has 1 N–H and O–H groups in total. The van der Waals surface area contributed by atoms with Crippen LogP contribution in [0.25, 0.3) is 0 Å². The van der Waals surface area contributed by atoms with Crippen molar-refractivity contribution in [1.29, 1.82) is 0 Å². The Kier molecular flexibility index (Phi) is 5.10. The number of furan rings is 1. The standard InChI is InChI=1S/C23H20N2O5/c1-14-6-7-18(30-14)21(26)19-20(16-4-3-5-17(12-16)29-2)25(23(28)22(19)27)13-15-8-10-24-11-9-15/h3-12,20,27H,13H2,1-2H3/t20-/m1/s1. The van der Waals surface area contributed by atoms with Crippen molar-refractivity contribution in [2.24, 2.45) is 0 Å². The maximum Gasteiger partial charge on any atom is 0.290 e. The number of Topliss-reactive ketones (excluding diaryl/α,β-unsaturated/α-hetero) is 1. The maximum atomic E-state index is 13.2. The van der Waals surface area contributed by atoms with E-state index in [1.54, 1.807) is 68.9 Å². The van der Waals surface area contributed by atoms with Crippen LogP contribution in [0.2, 0.25) is 0 Å². The maximum absolute atomic E-state index is 13.2. The van der Waals surface area contributed by atoms with E-state index in [0.29, 0.717) is 17.1 Å². The number of amides is 1.